The van der Waals surface area contributed by atoms with E-state index >= 15 is 0 Å². The van der Waals surface area contributed by atoms with Gasteiger partial charge in [0.1, 0.15) is 7.05 Å². The van der Waals surface area contributed by atoms with Crippen LogP contribution in [0.2, 0.25) is 0 Å². The van der Waals surface area contributed by atoms with E-state index in [-0.39, 0.29) is 10.8 Å². The van der Waals surface area contributed by atoms with Gasteiger partial charge >= 0.3 is 0 Å². The Morgan fingerprint density at radius 3 is 2.24 bits per heavy atom. The number of para-hydroxylation sites is 1. The van der Waals surface area contributed by atoms with Crippen molar-refractivity contribution in [3.05, 3.63) is 108 Å². The fourth-order valence-corrected chi connectivity index (χ4v) is 8.53. The Kier molecular flexibility index (Phi) is 6.41. The molecule has 0 bridgehead atoms. The first kappa shape index (κ1) is 27.2. The molecule has 2 heterocycles. The molecule has 0 saturated heterocycles. The van der Waals surface area contributed by atoms with Crippen LogP contribution in [0.3, 0.4) is 0 Å². The van der Waals surface area contributed by atoms with Gasteiger partial charge in [0.05, 0.1) is 11.0 Å². The number of hydrogen-bond donors (Lipinski definition) is 0. The van der Waals surface area contributed by atoms with Crippen LogP contribution in [0.1, 0.15) is 94.4 Å². The molecule has 0 N–H and O–H groups in total. The summed E-state index contributed by atoms with van der Waals surface area (Å²) in [6.07, 6.45) is 3.36. The summed E-state index contributed by atoms with van der Waals surface area (Å²) in [5, 5.41) is 4.76. The average molecular weight is 611 g/mol. The molecule has 2 aromatic heterocycles. The normalized spacial score (nSPS) is 18.8. The lowest BCUT2D eigenvalue weighted by molar-refractivity contribution is -0.660. The van der Waals surface area contributed by atoms with Gasteiger partial charge in [-0.25, -0.2) is 4.57 Å². The highest BCUT2D eigenvalue weighted by Gasteiger charge is 2.38. The summed E-state index contributed by atoms with van der Waals surface area (Å²) in [6.45, 7) is 17.3. The van der Waals surface area contributed by atoms with E-state index in [0.717, 1.165) is 63.8 Å². The molecule has 0 unspecified atom stereocenters. The predicted molar refractivity (Wildman–Crippen MR) is 197 cm³/mol. The summed E-state index contributed by atoms with van der Waals surface area (Å²) in [5.74, 6) is -0.615. The van der Waals surface area contributed by atoms with Crippen LogP contribution >= 0.6 is 0 Å². The number of benzene rings is 4. The summed E-state index contributed by atoms with van der Waals surface area (Å²) in [5.41, 5.74) is 8.14. The highest BCUT2D eigenvalue weighted by atomic mass is 15.0. The van der Waals surface area contributed by atoms with E-state index in [1.807, 2.05) is 46.1 Å². The highest BCUT2D eigenvalue weighted by Crippen LogP contribution is 2.52. The van der Waals surface area contributed by atoms with E-state index in [4.69, 9.17) is 2.74 Å². The topological polar surface area (TPSA) is 8.81 Å². The minimum Gasteiger partial charge on any atom is -0.309 e. The lowest BCUT2D eigenvalue weighted by atomic mass is 9.60. The highest BCUT2D eigenvalue weighted by molar-refractivity contribution is 6.19. The zero-order chi connectivity index (χ0) is 35.3. The maximum Gasteiger partial charge on any atom is 0.212 e. The van der Waals surface area contributed by atoms with Crippen molar-refractivity contribution in [2.24, 2.45) is 23.3 Å². The molecule has 7 rings (SSSR count). The molecule has 4 aromatic carbocycles. The van der Waals surface area contributed by atoms with Gasteiger partial charge < -0.3 is 4.57 Å². The zero-order valence-electron chi connectivity index (χ0n) is 32.2. The molecule has 0 atom stereocenters. The van der Waals surface area contributed by atoms with Crippen molar-refractivity contribution < 1.29 is 8.68 Å². The standard InChI is InChI=1S/C44H51N2/c1-29-22-32-16-19-36-35-12-10-11-13-39(35)46(34-17-14-31(15-18-34)33-26-43(5,6)28-44(7,8)27-33)41(36)38(32)24-37(29)40-23-30(20-21-45(40)9)25-42(2,3)4/h10-24,33H,25-28H2,1-9H3/q+1/i25D2,33D. The first-order valence-corrected chi connectivity index (χ1v) is 16.9. The van der Waals surface area contributed by atoms with Crippen molar-refractivity contribution in [1.82, 2.24) is 4.57 Å². The Labute approximate surface area is 280 Å². The van der Waals surface area contributed by atoms with Crippen molar-refractivity contribution in [1.29, 1.82) is 0 Å². The fraction of sp³-hybridized carbons (Fsp3) is 0.386. The van der Waals surface area contributed by atoms with Crippen molar-refractivity contribution in [3.8, 4) is 16.9 Å². The van der Waals surface area contributed by atoms with Crippen molar-refractivity contribution in [2.45, 2.75) is 86.9 Å². The molecule has 0 aliphatic heterocycles. The van der Waals surface area contributed by atoms with Crippen molar-refractivity contribution >= 4 is 32.6 Å². The number of nitrogens with zero attached hydrogens (tertiary/aromatic N) is 2. The molecular weight excluding hydrogens is 556 g/mol. The van der Waals surface area contributed by atoms with Crippen LogP contribution in [-0.2, 0) is 13.4 Å². The van der Waals surface area contributed by atoms with Gasteiger partial charge in [0.25, 0.3) is 0 Å². The van der Waals surface area contributed by atoms with Crippen LogP contribution in [0.15, 0.2) is 91.1 Å². The van der Waals surface area contributed by atoms with Crippen LogP contribution in [0.4, 0.5) is 0 Å². The van der Waals surface area contributed by atoms with E-state index in [2.05, 4.69) is 117 Å². The third-order valence-electron chi connectivity index (χ3n) is 9.82. The third kappa shape index (κ3) is 5.65. The quantitative estimate of drug-likeness (QED) is 0.176. The molecule has 236 valence electrons. The van der Waals surface area contributed by atoms with Gasteiger partial charge in [-0.3, -0.25) is 0 Å². The smallest absolute Gasteiger partial charge is 0.212 e. The van der Waals surface area contributed by atoms with Gasteiger partial charge in [-0.05, 0) is 101 Å². The van der Waals surface area contributed by atoms with Gasteiger partial charge in [0.15, 0.2) is 6.20 Å². The number of fused-ring (bicyclic) bond motifs is 5. The Morgan fingerprint density at radius 1 is 0.848 bits per heavy atom. The summed E-state index contributed by atoms with van der Waals surface area (Å²) in [4.78, 5) is 0. The van der Waals surface area contributed by atoms with E-state index < -0.39 is 17.7 Å². The molecule has 6 aromatic rings. The zero-order valence-corrected chi connectivity index (χ0v) is 29.2. The fourth-order valence-electron chi connectivity index (χ4n) is 8.53. The van der Waals surface area contributed by atoms with Gasteiger partial charge in [-0.15, -0.1) is 0 Å². The van der Waals surface area contributed by atoms with Crippen LogP contribution in [-0.4, -0.2) is 4.57 Å². The molecule has 1 aliphatic rings. The molecule has 0 amide bonds. The monoisotopic (exact) mass is 610 g/mol. The Morgan fingerprint density at radius 2 is 1.54 bits per heavy atom. The molecular formula is C44H51N2+. The van der Waals surface area contributed by atoms with Crippen LogP contribution in [0, 0.1) is 23.2 Å². The number of rotatable bonds is 4. The molecule has 46 heavy (non-hydrogen) atoms. The van der Waals surface area contributed by atoms with Crippen LogP contribution < -0.4 is 4.57 Å². The first-order chi connectivity index (χ1) is 22.8. The molecule has 1 fully saturated rings. The van der Waals surface area contributed by atoms with Crippen molar-refractivity contribution in [2.75, 3.05) is 0 Å². The van der Waals surface area contributed by atoms with E-state index in [1.165, 1.54) is 16.2 Å². The van der Waals surface area contributed by atoms with Gasteiger partial charge in [0.2, 0.25) is 5.69 Å². The van der Waals surface area contributed by atoms with E-state index in [9.17, 15) is 1.37 Å². The predicted octanol–water partition coefficient (Wildman–Crippen LogP) is 11.6. The minimum atomic E-state index is -1.49. The number of aromatic nitrogens is 2. The summed E-state index contributed by atoms with van der Waals surface area (Å²) >= 11 is 0. The minimum absolute atomic E-state index is 0.121. The van der Waals surface area contributed by atoms with Gasteiger partial charge in [-0.1, -0.05) is 97.0 Å². The summed E-state index contributed by atoms with van der Waals surface area (Å²) in [7, 11) is 2.04. The summed E-state index contributed by atoms with van der Waals surface area (Å²) < 4.78 is 32.2. The first-order valence-electron chi connectivity index (χ1n) is 18.4. The number of pyridine rings is 1. The molecule has 2 heteroatoms. The van der Waals surface area contributed by atoms with E-state index in [1.54, 1.807) is 0 Å². The van der Waals surface area contributed by atoms with Gasteiger partial charge in [0, 0.05) is 43.7 Å². The maximum absolute atomic E-state index is 9.69. The van der Waals surface area contributed by atoms with Crippen LogP contribution in [0.5, 0.6) is 0 Å². The van der Waals surface area contributed by atoms with Gasteiger partial charge in [-0.2, -0.15) is 0 Å². The molecule has 1 aliphatic carbocycles. The SMILES string of the molecule is [2H]C1(c2ccc(-n3c4ccccc4c4ccc5cc(C)c(-c6cc(C([2H])([2H])C(C)(C)C)cc[n+]6C)cc5c43)cc2)CC(C)(C)CC(C)(C)C1. The number of aryl methyl sites for hydroxylation is 2. The number of hydrogen-bond acceptors (Lipinski definition) is 0. The molecule has 0 radical (unpaired) electrons. The lowest BCUT2D eigenvalue weighted by Crippen LogP contribution is -2.32. The Hall–Kier alpha value is -3.91. The Bertz CT molecular complexity index is 2230. The van der Waals surface area contributed by atoms with Crippen LogP contribution in [0.25, 0.3) is 49.5 Å². The average Bonchev–Trinajstić information content (AvgIpc) is 3.33. The Balaban J connectivity index is 1.44. The van der Waals surface area contributed by atoms with Crippen molar-refractivity contribution in [3.63, 3.8) is 0 Å². The molecule has 2 nitrogen and oxygen atoms in total. The molecule has 1 saturated carbocycles. The largest absolute Gasteiger partial charge is 0.309 e. The second kappa shape index (κ2) is 10.8. The summed E-state index contributed by atoms with van der Waals surface area (Å²) in [6, 6.07) is 30.5. The van der Waals surface area contributed by atoms with E-state index in [0.29, 0.717) is 5.56 Å². The third-order valence-corrected chi connectivity index (χ3v) is 9.82. The lowest BCUT2D eigenvalue weighted by Gasteiger charge is -2.45. The second-order valence-electron chi connectivity index (χ2n) is 16.5. The maximum atomic E-state index is 9.69. The second-order valence-corrected chi connectivity index (χ2v) is 16.5. The molecule has 0 spiro atoms.